The van der Waals surface area contributed by atoms with E-state index in [2.05, 4.69) is 4.74 Å². The maximum absolute atomic E-state index is 13.9. The van der Waals surface area contributed by atoms with E-state index in [1.807, 2.05) is 22.6 Å². The van der Waals surface area contributed by atoms with Crippen LogP contribution in [0.3, 0.4) is 0 Å². The van der Waals surface area contributed by atoms with Crippen LogP contribution < -0.4 is 0 Å². The summed E-state index contributed by atoms with van der Waals surface area (Å²) in [5.74, 6) is -1.67. The highest BCUT2D eigenvalue weighted by Crippen LogP contribution is 2.29. The Balaban J connectivity index is 2.54. The van der Waals surface area contributed by atoms with Gasteiger partial charge in [-0.2, -0.15) is 0 Å². The lowest BCUT2D eigenvalue weighted by Gasteiger charge is -2.10. The largest absolute Gasteiger partial charge is 0.465 e. The van der Waals surface area contributed by atoms with Crippen LogP contribution in [0.2, 0.25) is 0 Å². The molecule has 0 radical (unpaired) electrons. The average Bonchev–Trinajstić information content (AvgIpc) is 2.42. The topological polar surface area (TPSA) is 26.3 Å². The smallest absolute Gasteiger partial charge is 0.337 e. The highest BCUT2D eigenvalue weighted by Gasteiger charge is 2.14. The third kappa shape index (κ3) is 2.82. The number of rotatable bonds is 2. The van der Waals surface area contributed by atoms with Crippen LogP contribution in [0.4, 0.5) is 8.78 Å². The van der Waals surface area contributed by atoms with Crippen LogP contribution >= 0.6 is 22.6 Å². The molecule has 0 spiro atoms. The number of methoxy groups -OCH3 is 1. The quantitative estimate of drug-likeness (QED) is 0.435. The van der Waals surface area contributed by atoms with E-state index in [1.165, 1.54) is 13.2 Å². The van der Waals surface area contributed by atoms with Gasteiger partial charge in [-0.1, -0.05) is 6.07 Å². The molecular weight excluding hydrogens is 377 g/mol. The number of esters is 1. The molecule has 0 saturated heterocycles. The van der Waals surface area contributed by atoms with Gasteiger partial charge in [0.2, 0.25) is 0 Å². The summed E-state index contributed by atoms with van der Waals surface area (Å²) in [6.07, 6.45) is 0. The minimum Gasteiger partial charge on any atom is -0.465 e. The lowest BCUT2D eigenvalue weighted by molar-refractivity contribution is 0.0600. The minimum absolute atomic E-state index is 0.310. The fourth-order valence-corrected chi connectivity index (χ4v) is 2.41. The molecular formula is C15H11F2IO2. The number of benzene rings is 2. The van der Waals surface area contributed by atoms with Crippen molar-refractivity contribution in [1.82, 2.24) is 0 Å². The molecule has 0 atom stereocenters. The number of carbonyl (C=O) groups excluding carboxylic acids is 1. The van der Waals surface area contributed by atoms with Gasteiger partial charge in [0, 0.05) is 15.2 Å². The molecule has 0 aliphatic rings. The van der Waals surface area contributed by atoms with Crippen LogP contribution in [0, 0.1) is 22.1 Å². The normalized spacial score (nSPS) is 10.4. The molecule has 5 heteroatoms. The Hall–Kier alpha value is -1.50. The van der Waals surface area contributed by atoms with Crippen LogP contribution in [0.1, 0.15) is 15.9 Å². The monoisotopic (exact) mass is 388 g/mol. The fraction of sp³-hybridized carbons (Fsp3) is 0.133. The van der Waals surface area contributed by atoms with Gasteiger partial charge in [-0.15, -0.1) is 0 Å². The maximum Gasteiger partial charge on any atom is 0.337 e. The van der Waals surface area contributed by atoms with Gasteiger partial charge in [0.15, 0.2) is 0 Å². The van der Waals surface area contributed by atoms with Crippen molar-refractivity contribution in [3.05, 3.63) is 56.7 Å². The Morgan fingerprint density at radius 2 is 1.80 bits per heavy atom. The van der Waals surface area contributed by atoms with Crippen molar-refractivity contribution in [2.75, 3.05) is 7.11 Å². The number of halogens is 3. The van der Waals surface area contributed by atoms with Crippen LogP contribution in [-0.2, 0) is 4.74 Å². The molecule has 0 aliphatic carbocycles. The predicted octanol–water partition coefficient (Wildman–Crippen LogP) is 4.33. The van der Waals surface area contributed by atoms with Crippen molar-refractivity contribution in [3.63, 3.8) is 0 Å². The van der Waals surface area contributed by atoms with Crippen molar-refractivity contribution in [2.45, 2.75) is 6.92 Å². The van der Waals surface area contributed by atoms with Gasteiger partial charge in [-0.05, 0) is 58.8 Å². The lowest BCUT2D eigenvalue weighted by atomic mass is 9.98. The molecule has 0 amide bonds. The molecule has 0 N–H and O–H groups in total. The van der Waals surface area contributed by atoms with Crippen LogP contribution in [0.5, 0.6) is 0 Å². The fourth-order valence-electron chi connectivity index (χ4n) is 1.94. The van der Waals surface area contributed by atoms with E-state index in [0.29, 0.717) is 25.8 Å². The van der Waals surface area contributed by atoms with E-state index < -0.39 is 17.6 Å². The molecule has 0 fully saturated rings. The second-order valence-electron chi connectivity index (χ2n) is 4.27. The van der Waals surface area contributed by atoms with Crippen molar-refractivity contribution in [3.8, 4) is 11.1 Å². The number of carbonyl (C=O) groups is 1. The molecule has 0 aliphatic heterocycles. The Morgan fingerprint density at radius 1 is 1.10 bits per heavy atom. The highest BCUT2D eigenvalue weighted by molar-refractivity contribution is 14.1. The SMILES string of the molecule is COC(=O)c1ccc(-c2cc(I)c(F)cc2F)c(C)c1. The minimum atomic E-state index is -0.628. The first-order chi connectivity index (χ1) is 9.43. The zero-order chi connectivity index (χ0) is 14.9. The molecule has 20 heavy (non-hydrogen) atoms. The molecule has 2 rings (SSSR count). The van der Waals surface area contributed by atoms with Gasteiger partial charge in [-0.25, -0.2) is 13.6 Å². The van der Waals surface area contributed by atoms with Crippen LogP contribution in [0.25, 0.3) is 11.1 Å². The zero-order valence-corrected chi connectivity index (χ0v) is 13.0. The van der Waals surface area contributed by atoms with Gasteiger partial charge in [0.1, 0.15) is 11.6 Å². The summed E-state index contributed by atoms with van der Waals surface area (Å²) >= 11 is 1.81. The first kappa shape index (κ1) is 14.9. The predicted molar refractivity (Wildman–Crippen MR) is 80.6 cm³/mol. The standard InChI is InChI=1S/C15H11F2IO2/c1-8-5-9(15(19)20-2)3-4-10(8)11-6-14(18)13(17)7-12(11)16/h3-7H,1-2H3. The summed E-state index contributed by atoms with van der Waals surface area (Å²) < 4.78 is 32.1. The molecule has 0 aromatic heterocycles. The molecule has 0 saturated carbocycles. The van der Waals surface area contributed by atoms with Crippen LogP contribution in [-0.4, -0.2) is 13.1 Å². The van der Waals surface area contributed by atoms with Gasteiger partial charge in [-0.3, -0.25) is 0 Å². The third-order valence-electron chi connectivity index (χ3n) is 2.95. The van der Waals surface area contributed by atoms with Crippen molar-refractivity contribution >= 4 is 28.6 Å². The van der Waals surface area contributed by atoms with E-state index in [4.69, 9.17) is 0 Å². The van der Waals surface area contributed by atoms with Gasteiger partial charge in [0.25, 0.3) is 0 Å². The summed E-state index contributed by atoms with van der Waals surface area (Å²) in [6, 6.07) is 7.13. The van der Waals surface area contributed by atoms with E-state index >= 15 is 0 Å². The molecule has 0 heterocycles. The lowest BCUT2D eigenvalue weighted by Crippen LogP contribution is -2.02. The molecule has 0 bridgehead atoms. The van der Waals surface area contributed by atoms with Crippen molar-refractivity contribution in [2.24, 2.45) is 0 Å². The first-order valence-corrected chi connectivity index (χ1v) is 6.85. The summed E-state index contributed by atoms with van der Waals surface area (Å²) in [5.41, 5.74) is 2.04. The number of hydrogen-bond acceptors (Lipinski definition) is 2. The summed E-state index contributed by atoms with van der Waals surface area (Å²) in [6.45, 7) is 1.76. The van der Waals surface area contributed by atoms with Gasteiger partial charge in [0.05, 0.1) is 12.7 Å². The summed E-state index contributed by atoms with van der Waals surface area (Å²) in [7, 11) is 1.30. The number of aryl methyl sites for hydroxylation is 1. The Morgan fingerprint density at radius 3 is 2.40 bits per heavy atom. The summed E-state index contributed by atoms with van der Waals surface area (Å²) in [4.78, 5) is 11.4. The molecule has 104 valence electrons. The van der Waals surface area contributed by atoms with E-state index in [9.17, 15) is 13.6 Å². The second-order valence-corrected chi connectivity index (χ2v) is 5.43. The molecule has 2 aromatic carbocycles. The molecule has 2 aromatic rings. The van der Waals surface area contributed by atoms with E-state index in [0.717, 1.165) is 6.07 Å². The second kappa shape index (κ2) is 5.87. The highest BCUT2D eigenvalue weighted by atomic mass is 127. The average molecular weight is 388 g/mol. The van der Waals surface area contributed by atoms with Crippen molar-refractivity contribution < 1.29 is 18.3 Å². The number of ether oxygens (including phenoxy) is 1. The first-order valence-electron chi connectivity index (χ1n) is 5.78. The van der Waals surface area contributed by atoms with E-state index in [-0.39, 0.29) is 0 Å². The van der Waals surface area contributed by atoms with Gasteiger partial charge >= 0.3 is 5.97 Å². The van der Waals surface area contributed by atoms with Gasteiger partial charge < -0.3 is 4.74 Å². The Bertz CT molecular complexity index is 684. The van der Waals surface area contributed by atoms with Crippen molar-refractivity contribution in [1.29, 1.82) is 0 Å². The molecule has 0 unspecified atom stereocenters. The van der Waals surface area contributed by atoms with E-state index in [1.54, 1.807) is 25.1 Å². The third-order valence-corrected chi connectivity index (χ3v) is 3.77. The van der Waals surface area contributed by atoms with Crippen LogP contribution in [0.15, 0.2) is 30.3 Å². The molecule has 2 nitrogen and oxygen atoms in total. The maximum atomic E-state index is 13.9. The zero-order valence-electron chi connectivity index (χ0n) is 10.8. The Kier molecular flexibility index (Phi) is 4.37. The summed E-state index contributed by atoms with van der Waals surface area (Å²) in [5, 5.41) is 0. The number of hydrogen-bond donors (Lipinski definition) is 0. The Labute approximate surface area is 128 Å².